The average Bonchev–Trinajstić information content (AvgIpc) is 2.30. The Morgan fingerprint density at radius 3 is 2.75 bits per heavy atom. The summed E-state index contributed by atoms with van der Waals surface area (Å²) in [6, 6.07) is 0. The van der Waals surface area contributed by atoms with E-state index >= 15 is 0 Å². The fraction of sp³-hybridized carbons (Fsp3) is 0.917. The van der Waals surface area contributed by atoms with Gasteiger partial charge in [0.2, 0.25) is 5.91 Å². The van der Waals surface area contributed by atoms with Gasteiger partial charge in [0.1, 0.15) is 0 Å². The lowest BCUT2D eigenvalue weighted by Gasteiger charge is -2.27. The molecule has 16 heavy (non-hydrogen) atoms. The third-order valence-electron chi connectivity index (χ3n) is 3.19. The molecule has 1 unspecified atom stereocenters. The molecule has 1 rings (SSSR count). The summed E-state index contributed by atoms with van der Waals surface area (Å²) in [6.45, 7) is 10.3. The van der Waals surface area contributed by atoms with Gasteiger partial charge in [-0.3, -0.25) is 9.69 Å². The van der Waals surface area contributed by atoms with Crippen LogP contribution in [0.1, 0.15) is 26.7 Å². The van der Waals surface area contributed by atoms with E-state index in [0.717, 1.165) is 45.7 Å². The molecular formula is C12H25N3O. The van der Waals surface area contributed by atoms with Gasteiger partial charge in [-0.2, -0.15) is 0 Å². The number of nitrogens with one attached hydrogen (secondary N) is 2. The average molecular weight is 227 g/mol. The van der Waals surface area contributed by atoms with Gasteiger partial charge in [-0.25, -0.2) is 0 Å². The van der Waals surface area contributed by atoms with Crippen molar-refractivity contribution < 1.29 is 4.79 Å². The maximum Gasteiger partial charge on any atom is 0.220 e. The zero-order valence-electron chi connectivity index (χ0n) is 10.6. The van der Waals surface area contributed by atoms with Crippen LogP contribution < -0.4 is 10.6 Å². The molecule has 0 aromatic rings. The number of carbonyl (C=O) groups excluding carboxylic acids is 1. The van der Waals surface area contributed by atoms with E-state index in [1.165, 1.54) is 0 Å². The molecule has 1 aliphatic heterocycles. The van der Waals surface area contributed by atoms with Gasteiger partial charge < -0.3 is 10.6 Å². The molecule has 1 amide bonds. The van der Waals surface area contributed by atoms with Gasteiger partial charge in [-0.15, -0.1) is 0 Å². The van der Waals surface area contributed by atoms with E-state index in [2.05, 4.69) is 29.4 Å². The lowest BCUT2D eigenvalue weighted by molar-refractivity contribution is -0.121. The van der Waals surface area contributed by atoms with Crippen molar-refractivity contribution >= 4 is 5.91 Å². The smallest absolute Gasteiger partial charge is 0.220 e. The van der Waals surface area contributed by atoms with E-state index < -0.39 is 0 Å². The molecule has 0 bridgehead atoms. The molecular weight excluding hydrogens is 202 g/mol. The summed E-state index contributed by atoms with van der Waals surface area (Å²) in [6.07, 6.45) is 1.74. The molecule has 1 aliphatic rings. The molecule has 94 valence electrons. The molecule has 0 aromatic heterocycles. The van der Waals surface area contributed by atoms with Crippen LogP contribution in [0.5, 0.6) is 0 Å². The first kappa shape index (κ1) is 13.5. The number of hydrogen-bond donors (Lipinski definition) is 2. The zero-order valence-corrected chi connectivity index (χ0v) is 10.6. The van der Waals surface area contributed by atoms with E-state index in [9.17, 15) is 4.79 Å². The van der Waals surface area contributed by atoms with Gasteiger partial charge in [0, 0.05) is 45.7 Å². The second-order valence-electron chi connectivity index (χ2n) is 4.66. The fourth-order valence-electron chi connectivity index (χ4n) is 1.82. The van der Waals surface area contributed by atoms with Gasteiger partial charge in [0.15, 0.2) is 0 Å². The zero-order chi connectivity index (χ0) is 11.8. The Kier molecular flexibility index (Phi) is 6.42. The van der Waals surface area contributed by atoms with Gasteiger partial charge in [-0.05, 0) is 5.92 Å². The summed E-state index contributed by atoms with van der Waals surface area (Å²) in [5, 5.41) is 6.31. The van der Waals surface area contributed by atoms with Gasteiger partial charge >= 0.3 is 0 Å². The van der Waals surface area contributed by atoms with Crippen LogP contribution in [0, 0.1) is 5.92 Å². The van der Waals surface area contributed by atoms with Crippen molar-refractivity contribution in [2.45, 2.75) is 26.7 Å². The van der Waals surface area contributed by atoms with Crippen molar-refractivity contribution in [2.24, 2.45) is 5.92 Å². The van der Waals surface area contributed by atoms with Crippen LogP contribution in [0.2, 0.25) is 0 Å². The highest BCUT2D eigenvalue weighted by Crippen LogP contribution is 2.05. The molecule has 1 heterocycles. The fourth-order valence-corrected chi connectivity index (χ4v) is 1.82. The number of hydrogen-bond acceptors (Lipinski definition) is 3. The number of piperazine rings is 1. The summed E-state index contributed by atoms with van der Waals surface area (Å²) in [4.78, 5) is 13.9. The second-order valence-corrected chi connectivity index (χ2v) is 4.66. The Morgan fingerprint density at radius 2 is 2.12 bits per heavy atom. The van der Waals surface area contributed by atoms with Crippen LogP contribution in [0.15, 0.2) is 0 Å². The first-order valence-electron chi connectivity index (χ1n) is 6.42. The summed E-state index contributed by atoms with van der Waals surface area (Å²) in [5.74, 6) is 0.698. The number of carbonyl (C=O) groups is 1. The lowest BCUT2D eigenvalue weighted by atomic mass is 10.1. The highest BCUT2D eigenvalue weighted by molar-refractivity contribution is 5.76. The Morgan fingerprint density at radius 1 is 1.44 bits per heavy atom. The SMILES string of the molecule is CCC(C)CC(=O)NCCN1CCNCC1. The highest BCUT2D eigenvalue weighted by atomic mass is 16.1. The van der Waals surface area contributed by atoms with Crippen LogP contribution >= 0.6 is 0 Å². The minimum Gasteiger partial charge on any atom is -0.355 e. The Hall–Kier alpha value is -0.610. The van der Waals surface area contributed by atoms with E-state index in [4.69, 9.17) is 0 Å². The first-order valence-corrected chi connectivity index (χ1v) is 6.42. The predicted octanol–water partition coefficient (Wildman–Crippen LogP) is 0.444. The molecule has 1 fully saturated rings. The Labute approximate surface area is 98.8 Å². The van der Waals surface area contributed by atoms with Crippen molar-refractivity contribution in [2.75, 3.05) is 39.3 Å². The summed E-state index contributed by atoms with van der Waals surface area (Å²) >= 11 is 0. The largest absolute Gasteiger partial charge is 0.355 e. The van der Waals surface area contributed by atoms with Crippen molar-refractivity contribution in [3.63, 3.8) is 0 Å². The molecule has 4 nitrogen and oxygen atoms in total. The van der Waals surface area contributed by atoms with Gasteiger partial charge in [-0.1, -0.05) is 20.3 Å². The van der Waals surface area contributed by atoms with Crippen LogP contribution in [0.4, 0.5) is 0 Å². The van der Waals surface area contributed by atoms with Gasteiger partial charge in [0.05, 0.1) is 0 Å². The topological polar surface area (TPSA) is 44.4 Å². The number of nitrogens with zero attached hydrogens (tertiary/aromatic N) is 1. The molecule has 2 N–H and O–H groups in total. The van der Waals surface area contributed by atoms with Crippen molar-refractivity contribution in [3.05, 3.63) is 0 Å². The van der Waals surface area contributed by atoms with E-state index in [-0.39, 0.29) is 5.91 Å². The summed E-state index contributed by atoms with van der Waals surface area (Å²) in [7, 11) is 0. The van der Waals surface area contributed by atoms with Crippen LogP contribution in [0.25, 0.3) is 0 Å². The summed E-state index contributed by atoms with van der Waals surface area (Å²) in [5.41, 5.74) is 0. The predicted molar refractivity (Wildman–Crippen MR) is 66.4 cm³/mol. The summed E-state index contributed by atoms with van der Waals surface area (Å²) < 4.78 is 0. The van der Waals surface area contributed by atoms with Crippen LogP contribution in [0.3, 0.4) is 0 Å². The third-order valence-corrected chi connectivity index (χ3v) is 3.19. The molecule has 0 saturated carbocycles. The van der Waals surface area contributed by atoms with E-state index in [1.807, 2.05) is 0 Å². The van der Waals surface area contributed by atoms with Crippen LogP contribution in [-0.4, -0.2) is 50.1 Å². The standard InChI is InChI=1S/C12H25N3O/c1-3-11(2)10-12(16)14-6-9-15-7-4-13-5-8-15/h11,13H,3-10H2,1-2H3,(H,14,16). The lowest BCUT2D eigenvalue weighted by Crippen LogP contribution is -2.46. The van der Waals surface area contributed by atoms with Crippen molar-refractivity contribution in [1.82, 2.24) is 15.5 Å². The normalized spacial score (nSPS) is 19.4. The molecule has 0 aromatic carbocycles. The molecule has 0 spiro atoms. The minimum atomic E-state index is 0.199. The van der Waals surface area contributed by atoms with Crippen LogP contribution in [-0.2, 0) is 4.79 Å². The third kappa shape index (κ3) is 5.47. The monoisotopic (exact) mass is 227 g/mol. The second kappa shape index (κ2) is 7.63. The minimum absolute atomic E-state index is 0.199. The Bertz CT molecular complexity index is 202. The number of amides is 1. The van der Waals surface area contributed by atoms with Crippen molar-refractivity contribution in [3.8, 4) is 0 Å². The Balaban J connectivity index is 2.03. The maximum atomic E-state index is 11.5. The quantitative estimate of drug-likeness (QED) is 0.692. The van der Waals surface area contributed by atoms with E-state index in [1.54, 1.807) is 0 Å². The van der Waals surface area contributed by atoms with E-state index in [0.29, 0.717) is 12.3 Å². The molecule has 1 atom stereocenters. The molecule has 4 heteroatoms. The molecule has 1 saturated heterocycles. The molecule has 0 radical (unpaired) electrons. The van der Waals surface area contributed by atoms with Gasteiger partial charge in [0.25, 0.3) is 0 Å². The molecule has 0 aliphatic carbocycles. The highest BCUT2D eigenvalue weighted by Gasteiger charge is 2.10. The number of rotatable bonds is 6. The van der Waals surface area contributed by atoms with Crippen molar-refractivity contribution in [1.29, 1.82) is 0 Å². The first-order chi connectivity index (χ1) is 7.72. The maximum absolute atomic E-state index is 11.5.